The molecule has 0 fully saturated rings. The lowest BCUT2D eigenvalue weighted by Gasteiger charge is -2.03. The standard InChI is InChI=1S/C10H6Cl2N2S/c11-6-1-2-7(9(12)3-6)8-4-13-5-14-10(8)15/h1-5H,(H,13,14,15). The van der Waals surface area contributed by atoms with E-state index in [0.717, 1.165) is 11.1 Å². The van der Waals surface area contributed by atoms with Crippen molar-refractivity contribution in [2.75, 3.05) is 0 Å². The molecule has 2 rings (SSSR count). The molecular weight excluding hydrogens is 251 g/mol. The predicted octanol–water partition coefficient (Wildman–Crippen LogP) is 4.11. The van der Waals surface area contributed by atoms with Crippen LogP contribution in [0.4, 0.5) is 0 Å². The zero-order valence-electron chi connectivity index (χ0n) is 7.50. The van der Waals surface area contributed by atoms with Crippen molar-refractivity contribution in [3.63, 3.8) is 0 Å². The third-order valence-electron chi connectivity index (χ3n) is 1.94. The lowest BCUT2D eigenvalue weighted by atomic mass is 10.1. The minimum absolute atomic E-state index is 0.565. The molecule has 0 aliphatic carbocycles. The smallest absolute Gasteiger partial charge is 0.113 e. The topological polar surface area (TPSA) is 28.7 Å². The average Bonchev–Trinajstić information content (AvgIpc) is 2.20. The summed E-state index contributed by atoms with van der Waals surface area (Å²) in [6.07, 6.45) is 3.21. The first kappa shape index (κ1) is 10.6. The van der Waals surface area contributed by atoms with Crippen LogP contribution in [0.5, 0.6) is 0 Å². The predicted molar refractivity (Wildman–Crippen MR) is 64.9 cm³/mol. The molecule has 15 heavy (non-hydrogen) atoms. The van der Waals surface area contributed by atoms with Crippen LogP contribution in [0, 0.1) is 4.64 Å². The van der Waals surface area contributed by atoms with Gasteiger partial charge in [-0.2, -0.15) is 0 Å². The highest BCUT2D eigenvalue weighted by atomic mass is 35.5. The minimum Gasteiger partial charge on any atom is -0.337 e. The van der Waals surface area contributed by atoms with Gasteiger partial charge in [0.05, 0.1) is 11.3 Å². The van der Waals surface area contributed by atoms with Gasteiger partial charge < -0.3 is 4.98 Å². The molecule has 0 saturated heterocycles. The Morgan fingerprint density at radius 3 is 2.67 bits per heavy atom. The summed E-state index contributed by atoms with van der Waals surface area (Å²) >= 11 is 17.0. The maximum Gasteiger partial charge on any atom is 0.113 e. The molecule has 5 heteroatoms. The fourth-order valence-corrected chi connectivity index (χ4v) is 1.97. The monoisotopic (exact) mass is 256 g/mol. The number of aromatic amines is 1. The number of benzene rings is 1. The van der Waals surface area contributed by atoms with Gasteiger partial charge in [0.1, 0.15) is 4.64 Å². The Morgan fingerprint density at radius 1 is 1.20 bits per heavy atom. The van der Waals surface area contributed by atoms with Crippen LogP contribution in [0.2, 0.25) is 10.0 Å². The number of hydrogen-bond donors (Lipinski definition) is 1. The number of nitrogens with one attached hydrogen (secondary N) is 1. The first-order valence-corrected chi connectivity index (χ1v) is 5.33. The van der Waals surface area contributed by atoms with Crippen LogP contribution >= 0.6 is 35.4 Å². The lowest BCUT2D eigenvalue weighted by Crippen LogP contribution is -1.85. The van der Waals surface area contributed by atoms with Crippen LogP contribution in [0.25, 0.3) is 11.1 Å². The van der Waals surface area contributed by atoms with Gasteiger partial charge in [0.2, 0.25) is 0 Å². The molecule has 0 spiro atoms. The van der Waals surface area contributed by atoms with Crippen molar-refractivity contribution >= 4 is 35.4 Å². The highest BCUT2D eigenvalue weighted by molar-refractivity contribution is 7.71. The van der Waals surface area contributed by atoms with Gasteiger partial charge in [0.25, 0.3) is 0 Å². The van der Waals surface area contributed by atoms with Gasteiger partial charge >= 0.3 is 0 Å². The Bertz CT molecular complexity index is 551. The molecule has 76 valence electrons. The van der Waals surface area contributed by atoms with Crippen LogP contribution in [-0.2, 0) is 0 Å². The molecule has 0 aliphatic rings. The zero-order valence-corrected chi connectivity index (χ0v) is 9.83. The van der Waals surface area contributed by atoms with Crippen molar-refractivity contribution in [3.8, 4) is 11.1 Å². The van der Waals surface area contributed by atoms with E-state index < -0.39 is 0 Å². The Kier molecular flexibility index (Phi) is 3.05. The second kappa shape index (κ2) is 4.31. The molecule has 1 N–H and O–H groups in total. The molecule has 0 saturated carbocycles. The first-order chi connectivity index (χ1) is 7.18. The van der Waals surface area contributed by atoms with Crippen molar-refractivity contribution in [3.05, 3.63) is 45.4 Å². The Balaban J connectivity index is 2.65. The maximum atomic E-state index is 6.06. The van der Waals surface area contributed by atoms with E-state index in [1.165, 1.54) is 6.33 Å². The molecule has 1 heterocycles. The van der Waals surface area contributed by atoms with Crippen molar-refractivity contribution < 1.29 is 0 Å². The molecular formula is C10H6Cl2N2S. The summed E-state index contributed by atoms with van der Waals surface area (Å²) in [7, 11) is 0. The van der Waals surface area contributed by atoms with Gasteiger partial charge in [-0.25, -0.2) is 4.98 Å². The van der Waals surface area contributed by atoms with Crippen LogP contribution in [0.15, 0.2) is 30.7 Å². The van der Waals surface area contributed by atoms with Crippen LogP contribution in [-0.4, -0.2) is 9.97 Å². The summed E-state index contributed by atoms with van der Waals surface area (Å²) in [5.41, 5.74) is 1.63. The van der Waals surface area contributed by atoms with Gasteiger partial charge in [-0.3, -0.25) is 0 Å². The van der Waals surface area contributed by atoms with E-state index in [9.17, 15) is 0 Å². The second-order valence-electron chi connectivity index (χ2n) is 2.92. The molecule has 0 aliphatic heterocycles. The molecule has 1 aromatic heterocycles. The molecule has 0 atom stereocenters. The SMILES string of the molecule is S=c1[nH]cncc1-c1ccc(Cl)cc1Cl. The number of aromatic nitrogens is 2. The second-order valence-corrected chi connectivity index (χ2v) is 4.17. The van der Waals surface area contributed by atoms with Gasteiger partial charge in [-0.15, -0.1) is 0 Å². The Morgan fingerprint density at radius 2 is 2.00 bits per heavy atom. The highest BCUT2D eigenvalue weighted by Gasteiger charge is 2.05. The normalized spacial score (nSPS) is 10.3. The van der Waals surface area contributed by atoms with Gasteiger partial charge in [-0.05, 0) is 12.1 Å². The van der Waals surface area contributed by atoms with Crippen molar-refractivity contribution in [1.82, 2.24) is 9.97 Å². The summed E-state index contributed by atoms with van der Waals surface area (Å²) in [6.45, 7) is 0. The summed E-state index contributed by atoms with van der Waals surface area (Å²) < 4.78 is 0.606. The quantitative estimate of drug-likeness (QED) is 0.778. The molecule has 0 radical (unpaired) electrons. The van der Waals surface area contributed by atoms with Crippen molar-refractivity contribution in [2.45, 2.75) is 0 Å². The summed E-state index contributed by atoms with van der Waals surface area (Å²) in [4.78, 5) is 6.82. The maximum absolute atomic E-state index is 6.06. The molecule has 2 nitrogen and oxygen atoms in total. The molecule has 0 unspecified atom stereocenters. The molecule has 1 aromatic carbocycles. The van der Waals surface area contributed by atoms with Gasteiger partial charge in [0.15, 0.2) is 0 Å². The largest absolute Gasteiger partial charge is 0.337 e. The van der Waals surface area contributed by atoms with Crippen LogP contribution in [0.3, 0.4) is 0 Å². The summed E-state index contributed by atoms with van der Waals surface area (Å²) in [6, 6.07) is 5.27. The van der Waals surface area contributed by atoms with Gasteiger partial charge in [-0.1, -0.05) is 41.5 Å². The third kappa shape index (κ3) is 2.20. The van der Waals surface area contributed by atoms with E-state index >= 15 is 0 Å². The van der Waals surface area contributed by atoms with E-state index in [2.05, 4.69) is 9.97 Å². The fourth-order valence-electron chi connectivity index (χ4n) is 1.24. The first-order valence-electron chi connectivity index (χ1n) is 4.16. The third-order valence-corrected chi connectivity index (χ3v) is 2.83. The number of hydrogen-bond acceptors (Lipinski definition) is 2. The lowest BCUT2D eigenvalue weighted by molar-refractivity contribution is 1.15. The fraction of sp³-hybridized carbons (Fsp3) is 0. The van der Waals surface area contributed by atoms with E-state index in [0.29, 0.717) is 14.7 Å². The Labute approximate surface area is 102 Å². The molecule has 2 aromatic rings. The average molecular weight is 257 g/mol. The summed E-state index contributed by atoms with van der Waals surface area (Å²) in [5.74, 6) is 0. The van der Waals surface area contributed by atoms with E-state index in [-0.39, 0.29) is 0 Å². The van der Waals surface area contributed by atoms with Crippen molar-refractivity contribution in [2.24, 2.45) is 0 Å². The molecule has 0 bridgehead atoms. The number of halogens is 2. The minimum atomic E-state index is 0.565. The highest BCUT2D eigenvalue weighted by Crippen LogP contribution is 2.29. The summed E-state index contributed by atoms with van der Waals surface area (Å²) in [5, 5.41) is 1.16. The zero-order chi connectivity index (χ0) is 10.8. The number of nitrogens with zero attached hydrogens (tertiary/aromatic N) is 1. The van der Waals surface area contributed by atoms with Crippen LogP contribution < -0.4 is 0 Å². The van der Waals surface area contributed by atoms with Crippen LogP contribution in [0.1, 0.15) is 0 Å². The van der Waals surface area contributed by atoms with E-state index in [4.69, 9.17) is 35.4 Å². The van der Waals surface area contributed by atoms with Gasteiger partial charge in [0, 0.05) is 22.3 Å². The van der Waals surface area contributed by atoms with E-state index in [1.807, 2.05) is 6.07 Å². The van der Waals surface area contributed by atoms with Crippen molar-refractivity contribution in [1.29, 1.82) is 0 Å². The van der Waals surface area contributed by atoms with E-state index in [1.54, 1.807) is 18.3 Å². The number of H-pyrrole nitrogens is 1. The molecule has 0 amide bonds. The Hall–Kier alpha value is -0.900. The number of rotatable bonds is 1.